The Bertz CT molecular complexity index is 1180. The van der Waals surface area contributed by atoms with Gasteiger partial charge in [0.1, 0.15) is 12.3 Å². The molecular formula is C31H41BrN4O3. The topological polar surface area (TPSA) is 66.8 Å². The summed E-state index contributed by atoms with van der Waals surface area (Å²) in [6.45, 7) is 11.1. The molecule has 0 unspecified atom stereocenters. The maximum absolute atomic E-state index is 13.6. The lowest BCUT2D eigenvalue weighted by molar-refractivity contribution is -0.132. The summed E-state index contributed by atoms with van der Waals surface area (Å²) in [5, 5.41) is 2.94. The van der Waals surface area contributed by atoms with Gasteiger partial charge in [-0.3, -0.25) is 4.79 Å². The van der Waals surface area contributed by atoms with Crippen molar-refractivity contribution in [1.29, 1.82) is 0 Å². The highest BCUT2D eigenvalue weighted by molar-refractivity contribution is 9.10. The van der Waals surface area contributed by atoms with Gasteiger partial charge in [0.25, 0.3) is 0 Å². The summed E-state index contributed by atoms with van der Waals surface area (Å²) in [6, 6.07) is 19.4. The number of unbranched alkanes of at least 4 members (excludes halogenated alkanes) is 1. The van der Waals surface area contributed by atoms with E-state index in [9.17, 15) is 9.59 Å². The zero-order valence-electron chi connectivity index (χ0n) is 23.5. The number of urea groups is 1. The van der Waals surface area contributed by atoms with E-state index in [1.807, 2.05) is 68.1 Å². The maximum atomic E-state index is 13.6. The lowest BCUT2D eigenvalue weighted by atomic mass is 10.2. The normalized spacial score (nSPS) is 10.9. The van der Waals surface area contributed by atoms with Crippen LogP contribution in [0.4, 0.5) is 10.5 Å². The van der Waals surface area contributed by atoms with E-state index < -0.39 is 0 Å². The number of hydrogen-bond acceptors (Lipinski definition) is 3. The molecule has 0 saturated heterocycles. The summed E-state index contributed by atoms with van der Waals surface area (Å²) in [4.78, 5) is 30.4. The van der Waals surface area contributed by atoms with Crippen LogP contribution in [0.1, 0.15) is 51.8 Å². The van der Waals surface area contributed by atoms with Crippen LogP contribution in [0.3, 0.4) is 0 Å². The average Bonchev–Trinajstić information content (AvgIpc) is 3.34. The number of ether oxygens (including phenoxy) is 1. The zero-order chi connectivity index (χ0) is 28.2. The Morgan fingerprint density at radius 3 is 2.36 bits per heavy atom. The van der Waals surface area contributed by atoms with Crippen molar-refractivity contribution in [2.75, 3.05) is 31.6 Å². The molecule has 1 aromatic heterocycles. The molecule has 210 valence electrons. The van der Waals surface area contributed by atoms with Crippen LogP contribution in [0, 0.1) is 5.92 Å². The maximum Gasteiger partial charge on any atom is 0.322 e. The number of nitrogens with one attached hydrogen (secondary N) is 1. The first-order valence-corrected chi connectivity index (χ1v) is 14.5. The van der Waals surface area contributed by atoms with E-state index in [2.05, 4.69) is 57.1 Å². The van der Waals surface area contributed by atoms with Crippen molar-refractivity contribution in [2.45, 2.75) is 53.6 Å². The first kappa shape index (κ1) is 30.3. The van der Waals surface area contributed by atoms with Crippen LogP contribution >= 0.6 is 15.9 Å². The van der Waals surface area contributed by atoms with Gasteiger partial charge in [0, 0.05) is 41.7 Å². The van der Waals surface area contributed by atoms with Gasteiger partial charge in [-0.25, -0.2) is 4.79 Å². The molecule has 3 aromatic rings. The molecule has 0 saturated carbocycles. The SMILES string of the molecule is CCCCN(Cc1cccn1Cc1ccc(Br)cc1)C(=O)CN(CC(C)C)C(=O)Nc1ccc(OCC)cc1. The molecule has 8 heteroatoms. The molecule has 1 heterocycles. The van der Waals surface area contributed by atoms with E-state index in [1.54, 1.807) is 4.90 Å². The van der Waals surface area contributed by atoms with Crippen molar-refractivity contribution < 1.29 is 14.3 Å². The molecule has 0 atom stereocenters. The molecule has 3 rings (SSSR count). The fourth-order valence-corrected chi connectivity index (χ4v) is 4.56. The van der Waals surface area contributed by atoms with E-state index in [4.69, 9.17) is 4.74 Å². The summed E-state index contributed by atoms with van der Waals surface area (Å²) >= 11 is 3.49. The molecule has 0 radical (unpaired) electrons. The molecule has 39 heavy (non-hydrogen) atoms. The van der Waals surface area contributed by atoms with Gasteiger partial charge < -0.3 is 24.4 Å². The van der Waals surface area contributed by atoms with Gasteiger partial charge in [0.05, 0.1) is 13.2 Å². The third kappa shape index (κ3) is 9.77. The monoisotopic (exact) mass is 596 g/mol. The highest BCUT2D eigenvalue weighted by Gasteiger charge is 2.23. The smallest absolute Gasteiger partial charge is 0.322 e. The van der Waals surface area contributed by atoms with Gasteiger partial charge in [-0.15, -0.1) is 0 Å². The first-order valence-electron chi connectivity index (χ1n) is 13.7. The van der Waals surface area contributed by atoms with Crippen LogP contribution in [0.25, 0.3) is 0 Å². The number of halogens is 1. The van der Waals surface area contributed by atoms with Crippen molar-refractivity contribution in [3.05, 3.63) is 82.6 Å². The fraction of sp³-hybridized carbons (Fsp3) is 0.419. The molecule has 0 fully saturated rings. The number of hydrogen-bond donors (Lipinski definition) is 1. The Hall–Kier alpha value is -3.26. The van der Waals surface area contributed by atoms with Crippen molar-refractivity contribution in [1.82, 2.24) is 14.4 Å². The summed E-state index contributed by atoms with van der Waals surface area (Å²) in [5.41, 5.74) is 2.92. The molecule has 7 nitrogen and oxygen atoms in total. The molecule has 0 spiro atoms. The van der Waals surface area contributed by atoms with Crippen molar-refractivity contribution in [3.8, 4) is 5.75 Å². The Kier molecular flexibility index (Phi) is 11.9. The van der Waals surface area contributed by atoms with Crippen molar-refractivity contribution in [3.63, 3.8) is 0 Å². The number of carbonyl (C=O) groups excluding carboxylic acids is 2. The molecule has 2 aromatic carbocycles. The molecule has 0 aliphatic rings. The number of carbonyl (C=O) groups is 2. The second-order valence-corrected chi connectivity index (χ2v) is 11.0. The lowest BCUT2D eigenvalue weighted by Crippen LogP contribution is -2.46. The predicted octanol–water partition coefficient (Wildman–Crippen LogP) is 7.02. The largest absolute Gasteiger partial charge is 0.494 e. The Balaban J connectivity index is 1.71. The quantitative estimate of drug-likeness (QED) is 0.217. The number of rotatable bonds is 14. The van der Waals surface area contributed by atoms with Crippen LogP contribution in [-0.4, -0.2) is 52.5 Å². The van der Waals surface area contributed by atoms with Crippen molar-refractivity contribution >= 4 is 33.6 Å². The number of anilines is 1. The minimum atomic E-state index is -0.282. The van der Waals surface area contributed by atoms with Crippen LogP contribution in [0.15, 0.2) is 71.3 Å². The second kappa shape index (κ2) is 15.4. The number of aromatic nitrogens is 1. The molecule has 0 aliphatic carbocycles. The third-order valence-corrected chi connectivity index (χ3v) is 6.82. The van der Waals surface area contributed by atoms with Gasteiger partial charge in [-0.1, -0.05) is 55.3 Å². The van der Waals surface area contributed by atoms with E-state index in [0.717, 1.165) is 35.3 Å². The third-order valence-electron chi connectivity index (χ3n) is 6.29. The minimum Gasteiger partial charge on any atom is -0.494 e. The van der Waals surface area contributed by atoms with Gasteiger partial charge in [-0.05, 0) is 73.4 Å². The van der Waals surface area contributed by atoms with Crippen LogP contribution in [0.2, 0.25) is 0 Å². The standard InChI is InChI=1S/C31H41BrN4O3/c1-5-7-18-35(22-28-9-8-19-34(28)21-25-10-12-26(32)13-11-25)30(37)23-36(20-24(3)4)31(38)33-27-14-16-29(17-15-27)39-6-2/h8-17,19,24H,5-7,18,20-23H2,1-4H3,(H,33,38). The second-order valence-electron chi connectivity index (χ2n) is 10.1. The molecule has 3 amide bonds. The summed E-state index contributed by atoms with van der Waals surface area (Å²) in [5.74, 6) is 0.916. The highest BCUT2D eigenvalue weighted by atomic mass is 79.9. The molecular weight excluding hydrogens is 556 g/mol. The summed E-state index contributed by atoms with van der Waals surface area (Å²) in [7, 11) is 0. The Morgan fingerprint density at radius 2 is 1.72 bits per heavy atom. The number of amides is 3. The zero-order valence-corrected chi connectivity index (χ0v) is 25.1. The van der Waals surface area contributed by atoms with Gasteiger partial charge >= 0.3 is 6.03 Å². The van der Waals surface area contributed by atoms with E-state index in [-0.39, 0.29) is 24.4 Å². The summed E-state index contributed by atoms with van der Waals surface area (Å²) in [6.07, 6.45) is 3.94. The van der Waals surface area contributed by atoms with Gasteiger partial charge in [0.15, 0.2) is 0 Å². The number of nitrogens with zero attached hydrogens (tertiary/aromatic N) is 3. The molecule has 1 N–H and O–H groups in total. The molecule has 0 aliphatic heterocycles. The highest BCUT2D eigenvalue weighted by Crippen LogP contribution is 2.18. The van der Waals surface area contributed by atoms with Gasteiger partial charge in [-0.2, -0.15) is 0 Å². The van der Waals surface area contributed by atoms with Crippen LogP contribution < -0.4 is 10.1 Å². The lowest BCUT2D eigenvalue weighted by Gasteiger charge is -2.29. The minimum absolute atomic E-state index is 0.0260. The van der Waals surface area contributed by atoms with E-state index in [1.165, 1.54) is 5.56 Å². The number of benzene rings is 2. The predicted molar refractivity (Wildman–Crippen MR) is 161 cm³/mol. The Morgan fingerprint density at radius 1 is 1.00 bits per heavy atom. The van der Waals surface area contributed by atoms with Crippen LogP contribution in [0.5, 0.6) is 5.75 Å². The summed E-state index contributed by atoms with van der Waals surface area (Å²) < 4.78 is 8.72. The van der Waals surface area contributed by atoms with Crippen molar-refractivity contribution in [2.24, 2.45) is 5.92 Å². The van der Waals surface area contributed by atoms with Gasteiger partial charge in [0.2, 0.25) is 5.91 Å². The van der Waals surface area contributed by atoms with E-state index >= 15 is 0 Å². The van der Waals surface area contributed by atoms with Crippen LogP contribution in [-0.2, 0) is 17.9 Å². The average molecular weight is 598 g/mol. The first-order chi connectivity index (χ1) is 18.8. The fourth-order valence-electron chi connectivity index (χ4n) is 4.30. The molecule has 0 bridgehead atoms. The Labute approximate surface area is 241 Å². The van der Waals surface area contributed by atoms with E-state index in [0.29, 0.717) is 31.9 Å².